The van der Waals surface area contributed by atoms with Gasteiger partial charge in [0.2, 0.25) is 16.8 Å². The fraction of sp³-hybridized carbons (Fsp3) is 0.455. The molecule has 2 amide bonds. The van der Waals surface area contributed by atoms with Crippen LogP contribution >= 0.6 is 11.3 Å². The van der Waals surface area contributed by atoms with Gasteiger partial charge < -0.3 is 5.11 Å². The van der Waals surface area contributed by atoms with Gasteiger partial charge in [0, 0.05) is 18.2 Å². The molecule has 0 unspecified atom stereocenters. The molecule has 1 N–H and O–H groups in total. The Morgan fingerprint density at radius 3 is 2.44 bits per heavy atom. The second-order valence-electron chi connectivity index (χ2n) is 4.03. The monoisotopic (exact) mass is 268 g/mol. The Hall–Kier alpha value is -1.76. The van der Waals surface area contributed by atoms with Gasteiger partial charge in [-0.1, -0.05) is 0 Å². The molecule has 1 aliphatic heterocycles. The molecule has 0 radical (unpaired) electrons. The molecule has 2 heterocycles. The fourth-order valence-electron chi connectivity index (χ4n) is 1.78. The summed E-state index contributed by atoms with van der Waals surface area (Å²) in [6, 6.07) is 0. The summed E-state index contributed by atoms with van der Waals surface area (Å²) in [5.41, 5.74) is 0.445. The van der Waals surface area contributed by atoms with Gasteiger partial charge in [-0.2, -0.15) is 0 Å². The number of aromatic nitrogens is 1. The Kier molecular flexibility index (Phi) is 3.71. The van der Waals surface area contributed by atoms with E-state index in [9.17, 15) is 14.4 Å². The number of hydrogen-bond acceptors (Lipinski definition) is 5. The maximum atomic E-state index is 11.7. The highest BCUT2D eigenvalue weighted by Crippen LogP contribution is 2.17. The number of carbonyl (C=O) groups excluding carboxylic acids is 2. The van der Waals surface area contributed by atoms with Crippen molar-refractivity contribution in [2.24, 2.45) is 0 Å². The van der Waals surface area contributed by atoms with Gasteiger partial charge in [0.1, 0.15) is 0 Å². The van der Waals surface area contributed by atoms with Gasteiger partial charge in [-0.25, -0.2) is 9.78 Å². The van der Waals surface area contributed by atoms with Gasteiger partial charge in [0.05, 0.1) is 12.2 Å². The largest absolute Gasteiger partial charge is 0.476 e. The SMILES string of the molecule is O=C(O)c1nc(CN2C(=O)CCCCC2=O)cs1. The molecule has 96 valence electrons. The Morgan fingerprint density at radius 1 is 1.33 bits per heavy atom. The number of carbonyl (C=O) groups is 3. The Bertz CT molecular complexity index is 479. The van der Waals surface area contributed by atoms with Crippen LogP contribution in [0.2, 0.25) is 0 Å². The van der Waals surface area contributed by atoms with Gasteiger partial charge in [-0.05, 0) is 12.8 Å². The first-order valence-electron chi connectivity index (χ1n) is 5.59. The number of hydrogen-bond donors (Lipinski definition) is 1. The third kappa shape index (κ3) is 2.73. The van der Waals surface area contributed by atoms with E-state index in [-0.39, 0.29) is 23.4 Å². The third-order valence-corrected chi connectivity index (χ3v) is 3.57. The number of carboxylic acid groups (broad SMARTS) is 1. The molecule has 1 aliphatic rings. The molecule has 1 aromatic rings. The molecular formula is C11H12N2O4S. The lowest BCUT2D eigenvalue weighted by Crippen LogP contribution is -2.34. The molecule has 1 fully saturated rings. The van der Waals surface area contributed by atoms with E-state index < -0.39 is 5.97 Å². The van der Waals surface area contributed by atoms with Gasteiger partial charge in [-0.3, -0.25) is 14.5 Å². The zero-order valence-corrected chi connectivity index (χ0v) is 10.4. The molecule has 2 rings (SSSR count). The van der Waals surface area contributed by atoms with Crippen molar-refractivity contribution in [2.45, 2.75) is 32.2 Å². The lowest BCUT2D eigenvalue weighted by molar-refractivity contribution is -0.144. The van der Waals surface area contributed by atoms with Crippen LogP contribution in [-0.4, -0.2) is 32.8 Å². The quantitative estimate of drug-likeness (QED) is 0.834. The van der Waals surface area contributed by atoms with Crippen molar-refractivity contribution in [2.75, 3.05) is 0 Å². The minimum absolute atomic E-state index is 0.0280. The van der Waals surface area contributed by atoms with E-state index in [1.165, 1.54) is 4.90 Å². The van der Waals surface area contributed by atoms with Gasteiger partial charge in [0.15, 0.2) is 0 Å². The number of thiazole rings is 1. The summed E-state index contributed by atoms with van der Waals surface area (Å²) < 4.78 is 0. The molecule has 0 atom stereocenters. The molecule has 1 saturated heterocycles. The van der Waals surface area contributed by atoms with Crippen LogP contribution in [0.4, 0.5) is 0 Å². The summed E-state index contributed by atoms with van der Waals surface area (Å²) in [6.45, 7) is 0.0709. The fourth-order valence-corrected chi connectivity index (χ4v) is 2.42. The maximum absolute atomic E-state index is 11.7. The standard InChI is InChI=1S/C11H12N2O4S/c14-8-3-1-2-4-9(15)13(8)5-7-6-18-10(12-7)11(16)17/h6H,1-5H2,(H,16,17). The van der Waals surface area contributed by atoms with Crippen LogP contribution in [0.25, 0.3) is 0 Å². The highest BCUT2D eigenvalue weighted by atomic mass is 32.1. The number of nitrogens with zero attached hydrogens (tertiary/aromatic N) is 2. The highest BCUT2D eigenvalue weighted by Gasteiger charge is 2.25. The lowest BCUT2D eigenvalue weighted by Gasteiger charge is -2.16. The predicted molar refractivity (Wildman–Crippen MR) is 63.1 cm³/mol. The summed E-state index contributed by atoms with van der Waals surface area (Å²) in [7, 11) is 0. The van der Waals surface area contributed by atoms with E-state index in [1.54, 1.807) is 5.38 Å². The molecule has 0 aromatic carbocycles. The van der Waals surface area contributed by atoms with Gasteiger partial charge in [-0.15, -0.1) is 11.3 Å². The van der Waals surface area contributed by atoms with Crippen LogP contribution in [0.5, 0.6) is 0 Å². The van der Waals surface area contributed by atoms with Crippen LogP contribution in [0.15, 0.2) is 5.38 Å². The zero-order chi connectivity index (χ0) is 13.1. The first-order valence-corrected chi connectivity index (χ1v) is 6.47. The van der Waals surface area contributed by atoms with Crippen molar-refractivity contribution >= 4 is 29.1 Å². The summed E-state index contributed by atoms with van der Waals surface area (Å²) in [5.74, 6) is -1.51. The summed E-state index contributed by atoms with van der Waals surface area (Å²) in [5, 5.41) is 10.3. The van der Waals surface area contributed by atoms with Crippen molar-refractivity contribution in [3.63, 3.8) is 0 Å². The number of likely N-dealkylation sites (tertiary alicyclic amines) is 1. The first kappa shape index (κ1) is 12.7. The number of imide groups is 1. The molecular weight excluding hydrogens is 256 g/mol. The lowest BCUT2D eigenvalue weighted by atomic mass is 10.2. The minimum Gasteiger partial charge on any atom is -0.476 e. The van der Waals surface area contributed by atoms with Crippen molar-refractivity contribution in [3.05, 3.63) is 16.1 Å². The topological polar surface area (TPSA) is 87.6 Å². The van der Waals surface area contributed by atoms with E-state index in [0.29, 0.717) is 18.5 Å². The van der Waals surface area contributed by atoms with Crippen LogP contribution in [0.1, 0.15) is 41.2 Å². The zero-order valence-electron chi connectivity index (χ0n) is 9.59. The average Bonchev–Trinajstić information content (AvgIpc) is 2.73. The predicted octanol–water partition coefficient (Wildman–Crippen LogP) is 1.27. The van der Waals surface area contributed by atoms with Gasteiger partial charge >= 0.3 is 5.97 Å². The Balaban J connectivity index is 2.12. The van der Waals surface area contributed by atoms with E-state index in [4.69, 9.17) is 5.11 Å². The number of rotatable bonds is 3. The van der Waals surface area contributed by atoms with Crippen LogP contribution in [0.3, 0.4) is 0 Å². The third-order valence-electron chi connectivity index (χ3n) is 2.69. The molecule has 6 nitrogen and oxygen atoms in total. The van der Waals surface area contributed by atoms with Crippen LogP contribution in [-0.2, 0) is 16.1 Å². The Labute approximate surface area is 107 Å². The van der Waals surface area contributed by atoms with Gasteiger partial charge in [0.25, 0.3) is 0 Å². The molecule has 1 aromatic heterocycles. The number of aromatic carboxylic acids is 1. The second kappa shape index (κ2) is 5.26. The number of amides is 2. The average molecular weight is 268 g/mol. The minimum atomic E-state index is -1.10. The molecule has 0 spiro atoms. The highest BCUT2D eigenvalue weighted by molar-refractivity contribution is 7.11. The smallest absolute Gasteiger partial charge is 0.365 e. The normalized spacial score (nSPS) is 16.8. The molecule has 0 saturated carbocycles. The molecule has 18 heavy (non-hydrogen) atoms. The number of carboxylic acids is 1. The van der Waals surface area contributed by atoms with E-state index >= 15 is 0 Å². The van der Waals surface area contributed by atoms with E-state index in [2.05, 4.69) is 4.98 Å². The van der Waals surface area contributed by atoms with E-state index in [1.807, 2.05) is 0 Å². The van der Waals surface area contributed by atoms with E-state index in [0.717, 1.165) is 24.2 Å². The maximum Gasteiger partial charge on any atom is 0.365 e. The molecule has 0 bridgehead atoms. The van der Waals surface area contributed by atoms with Crippen LogP contribution in [0, 0.1) is 0 Å². The van der Waals surface area contributed by atoms with Crippen molar-refractivity contribution in [1.29, 1.82) is 0 Å². The Morgan fingerprint density at radius 2 is 1.94 bits per heavy atom. The summed E-state index contributed by atoms with van der Waals surface area (Å²) in [4.78, 5) is 39.2. The molecule has 7 heteroatoms. The van der Waals surface area contributed by atoms with Crippen molar-refractivity contribution in [3.8, 4) is 0 Å². The molecule has 0 aliphatic carbocycles. The second-order valence-corrected chi connectivity index (χ2v) is 4.89. The summed E-state index contributed by atoms with van der Waals surface area (Å²) in [6.07, 6.45) is 2.17. The first-order chi connectivity index (χ1) is 8.58. The van der Waals surface area contributed by atoms with Crippen LogP contribution < -0.4 is 0 Å². The van der Waals surface area contributed by atoms with Crippen molar-refractivity contribution in [1.82, 2.24) is 9.88 Å². The van der Waals surface area contributed by atoms with Crippen molar-refractivity contribution < 1.29 is 19.5 Å². The summed E-state index contributed by atoms with van der Waals surface area (Å²) >= 11 is 0.994.